The molecule has 9 heteroatoms. The third-order valence-electron chi connectivity index (χ3n) is 4.12. The van der Waals surface area contributed by atoms with E-state index >= 15 is 0 Å². The summed E-state index contributed by atoms with van der Waals surface area (Å²) in [6, 6.07) is 8.86. The molecule has 0 aliphatic heterocycles. The number of carbonyl (C=O) groups excluding carboxylic acids is 1. The molecule has 1 atom stereocenters. The predicted molar refractivity (Wildman–Crippen MR) is 93.4 cm³/mol. The van der Waals surface area contributed by atoms with Crippen LogP contribution in [0, 0.1) is 5.92 Å². The molecule has 0 fully saturated rings. The number of amides is 1. The molecule has 4 rings (SSSR count). The summed E-state index contributed by atoms with van der Waals surface area (Å²) in [5.74, 6) is 0.880. The normalized spacial score (nSPS) is 12.7. The summed E-state index contributed by atoms with van der Waals surface area (Å²) < 4.78 is 3.37. The van der Waals surface area contributed by atoms with Crippen LogP contribution in [0.1, 0.15) is 42.5 Å². The lowest BCUT2D eigenvalue weighted by atomic mass is 10.0. The number of pyridine rings is 2. The van der Waals surface area contributed by atoms with Crippen LogP contribution in [0.5, 0.6) is 0 Å². The second-order valence-corrected chi connectivity index (χ2v) is 6.54. The number of nitrogens with one attached hydrogen (secondary N) is 1. The maximum Gasteiger partial charge on any atom is 0.253 e. The quantitative estimate of drug-likeness (QED) is 0.587. The van der Waals surface area contributed by atoms with Crippen LogP contribution in [0.3, 0.4) is 0 Å². The minimum atomic E-state index is -0.260. The Morgan fingerprint density at radius 2 is 2.00 bits per heavy atom. The highest BCUT2D eigenvalue weighted by atomic mass is 16.1. The highest BCUT2D eigenvalue weighted by Crippen LogP contribution is 2.21. The molecule has 4 heterocycles. The molecule has 0 saturated heterocycles. The van der Waals surface area contributed by atoms with Crippen LogP contribution in [-0.4, -0.2) is 40.5 Å². The molecule has 9 nitrogen and oxygen atoms in total. The summed E-state index contributed by atoms with van der Waals surface area (Å²) in [5, 5.41) is 22.8. The first-order valence-electron chi connectivity index (χ1n) is 8.40. The Kier molecular flexibility index (Phi) is 4.04. The van der Waals surface area contributed by atoms with Crippen LogP contribution in [0.15, 0.2) is 42.7 Å². The highest BCUT2D eigenvalue weighted by molar-refractivity contribution is 5.94. The minimum absolute atomic E-state index is 0.208. The van der Waals surface area contributed by atoms with E-state index in [0.29, 0.717) is 23.0 Å². The second-order valence-electron chi connectivity index (χ2n) is 6.54. The first kappa shape index (κ1) is 16.1. The van der Waals surface area contributed by atoms with Gasteiger partial charge in [-0.25, -0.2) is 0 Å². The lowest BCUT2D eigenvalue weighted by Crippen LogP contribution is -2.31. The van der Waals surface area contributed by atoms with Crippen molar-refractivity contribution < 1.29 is 4.79 Å². The third kappa shape index (κ3) is 2.99. The van der Waals surface area contributed by atoms with E-state index in [2.05, 4.69) is 44.9 Å². The fourth-order valence-corrected chi connectivity index (χ4v) is 2.91. The van der Waals surface area contributed by atoms with Crippen LogP contribution in [0.4, 0.5) is 0 Å². The first-order valence-corrected chi connectivity index (χ1v) is 8.40. The molecule has 132 valence electrons. The summed E-state index contributed by atoms with van der Waals surface area (Å²) in [6.07, 6.45) is 4.25. The molecule has 1 N–H and O–H groups in total. The highest BCUT2D eigenvalue weighted by Gasteiger charge is 2.22. The van der Waals surface area contributed by atoms with Crippen molar-refractivity contribution in [2.75, 3.05) is 0 Å². The molecule has 0 bridgehead atoms. The number of fused-ring (bicyclic) bond motifs is 2. The van der Waals surface area contributed by atoms with Gasteiger partial charge < -0.3 is 5.32 Å². The van der Waals surface area contributed by atoms with E-state index in [1.54, 1.807) is 18.3 Å². The van der Waals surface area contributed by atoms with Gasteiger partial charge in [0.2, 0.25) is 0 Å². The van der Waals surface area contributed by atoms with Crippen LogP contribution >= 0.6 is 0 Å². The van der Waals surface area contributed by atoms with Crippen molar-refractivity contribution in [1.29, 1.82) is 0 Å². The van der Waals surface area contributed by atoms with Crippen molar-refractivity contribution in [1.82, 2.24) is 40.0 Å². The molecule has 0 aliphatic carbocycles. The molecule has 0 aromatic carbocycles. The molecule has 26 heavy (non-hydrogen) atoms. The number of nitrogens with zero attached hydrogens (tertiary/aromatic N) is 7. The molecule has 4 aromatic rings. The largest absolute Gasteiger partial charge is 0.342 e. The number of carbonyl (C=O) groups is 1. The van der Waals surface area contributed by atoms with Gasteiger partial charge in [0.25, 0.3) is 5.91 Å². The zero-order valence-corrected chi connectivity index (χ0v) is 14.4. The fourth-order valence-electron chi connectivity index (χ4n) is 2.91. The Morgan fingerprint density at radius 3 is 2.85 bits per heavy atom. The summed E-state index contributed by atoms with van der Waals surface area (Å²) in [5.41, 5.74) is 1.82. The molecular weight excluding hydrogens is 332 g/mol. The van der Waals surface area contributed by atoms with Crippen LogP contribution in [-0.2, 0) is 0 Å². The lowest BCUT2D eigenvalue weighted by molar-refractivity contribution is 0.0929. The Hall–Kier alpha value is -3.36. The number of aromatic nitrogens is 7. The summed E-state index contributed by atoms with van der Waals surface area (Å²) >= 11 is 0. The van der Waals surface area contributed by atoms with Crippen molar-refractivity contribution in [2.45, 2.75) is 26.3 Å². The SMILES string of the molecule is CC(C)C[C@@H](NC(=O)c1ccc2nnnn2c1)c1nnc2ccccn12. The third-order valence-corrected chi connectivity index (χ3v) is 4.12. The van der Waals surface area contributed by atoms with Crippen LogP contribution in [0.25, 0.3) is 11.3 Å². The molecule has 0 unspecified atom stereocenters. The second kappa shape index (κ2) is 6.51. The molecule has 0 radical (unpaired) electrons. The van der Waals surface area contributed by atoms with Gasteiger partial charge in [-0.15, -0.1) is 15.3 Å². The van der Waals surface area contributed by atoms with Crippen molar-refractivity contribution in [3.05, 3.63) is 54.1 Å². The summed E-state index contributed by atoms with van der Waals surface area (Å²) in [4.78, 5) is 12.8. The van der Waals surface area contributed by atoms with Gasteiger partial charge in [0.05, 0.1) is 11.6 Å². The van der Waals surface area contributed by atoms with Crippen molar-refractivity contribution in [3.63, 3.8) is 0 Å². The van der Waals surface area contributed by atoms with E-state index in [1.165, 1.54) is 4.52 Å². The maximum absolute atomic E-state index is 12.8. The van der Waals surface area contributed by atoms with E-state index in [4.69, 9.17) is 0 Å². The van der Waals surface area contributed by atoms with Gasteiger partial charge in [-0.05, 0) is 47.0 Å². The molecular formula is C17H18N8O. The Balaban J connectivity index is 1.65. The van der Waals surface area contributed by atoms with Crippen LogP contribution in [0.2, 0.25) is 0 Å². The standard InChI is InChI=1S/C17H18N8O/c1-11(2)9-13(16-21-19-14-5-3-4-8-24(14)16)18-17(26)12-6-7-15-20-22-23-25(15)10-12/h3-8,10-11,13H,9H2,1-2H3,(H,18,26)/t13-/m1/s1. The van der Waals surface area contributed by atoms with E-state index < -0.39 is 0 Å². The molecule has 0 spiro atoms. The lowest BCUT2D eigenvalue weighted by Gasteiger charge is -2.19. The molecule has 0 aliphatic rings. The van der Waals surface area contributed by atoms with Gasteiger partial charge in [0.15, 0.2) is 17.1 Å². The number of tetrazole rings is 1. The van der Waals surface area contributed by atoms with Gasteiger partial charge in [0.1, 0.15) is 0 Å². The van der Waals surface area contributed by atoms with Gasteiger partial charge in [0, 0.05) is 12.4 Å². The van der Waals surface area contributed by atoms with Crippen LogP contribution < -0.4 is 5.32 Å². The number of rotatable bonds is 5. The van der Waals surface area contributed by atoms with Gasteiger partial charge in [-0.3, -0.25) is 9.20 Å². The van der Waals surface area contributed by atoms with Crippen molar-refractivity contribution in [2.24, 2.45) is 5.92 Å². The van der Waals surface area contributed by atoms with Gasteiger partial charge in [-0.2, -0.15) is 4.52 Å². The zero-order chi connectivity index (χ0) is 18.1. The van der Waals surface area contributed by atoms with Crippen molar-refractivity contribution in [3.8, 4) is 0 Å². The zero-order valence-electron chi connectivity index (χ0n) is 14.4. The summed E-state index contributed by atoms with van der Waals surface area (Å²) in [7, 11) is 0. The van der Waals surface area contributed by atoms with Gasteiger partial charge in [-0.1, -0.05) is 19.9 Å². The predicted octanol–water partition coefficient (Wildman–Crippen LogP) is 1.68. The smallest absolute Gasteiger partial charge is 0.253 e. The van der Waals surface area contributed by atoms with E-state index in [0.717, 1.165) is 12.1 Å². The topological polar surface area (TPSA) is 102 Å². The summed E-state index contributed by atoms with van der Waals surface area (Å²) in [6.45, 7) is 4.21. The Labute approximate surface area is 149 Å². The molecule has 4 aromatic heterocycles. The monoisotopic (exact) mass is 350 g/mol. The Morgan fingerprint density at radius 1 is 1.12 bits per heavy atom. The number of hydrogen-bond acceptors (Lipinski definition) is 6. The van der Waals surface area contributed by atoms with E-state index in [9.17, 15) is 4.79 Å². The maximum atomic E-state index is 12.8. The van der Waals surface area contributed by atoms with Crippen molar-refractivity contribution >= 4 is 17.2 Å². The number of hydrogen-bond donors (Lipinski definition) is 1. The average Bonchev–Trinajstić information content (AvgIpc) is 3.26. The Bertz CT molecular complexity index is 1070. The average molecular weight is 350 g/mol. The van der Waals surface area contributed by atoms with Gasteiger partial charge >= 0.3 is 0 Å². The van der Waals surface area contributed by atoms with E-state index in [1.807, 2.05) is 28.8 Å². The molecule has 0 saturated carbocycles. The minimum Gasteiger partial charge on any atom is -0.342 e. The fraction of sp³-hybridized carbons (Fsp3) is 0.294. The molecule has 1 amide bonds. The first-order chi connectivity index (χ1) is 12.6. The van der Waals surface area contributed by atoms with E-state index in [-0.39, 0.29) is 11.9 Å².